The molecule has 0 spiro atoms. The van der Waals surface area contributed by atoms with Crippen molar-refractivity contribution in [3.05, 3.63) is 0 Å². The summed E-state index contributed by atoms with van der Waals surface area (Å²) in [5.74, 6) is 4.26. The van der Waals surface area contributed by atoms with Crippen molar-refractivity contribution in [2.24, 2.45) is 17.8 Å². The van der Waals surface area contributed by atoms with Gasteiger partial charge in [0.1, 0.15) is 5.78 Å². The molecule has 5 rings (SSSR count). The molecule has 0 unspecified atom stereocenters. The number of nitrogens with zero attached hydrogens (tertiary/aromatic N) is 2. The summed E-state index contributed by atoms with van der Waals surface area (Å²) in [5, 5.41) is 0.563. The Balaban J connectivity index is 1.23. The van der Waals surface area contributed by atoms with Crippen molar-refractivity contribution in [2.75, 3.05) is 38.5 Å². The fraction of sp³-hybridized carbons (Fsp3) is 0.952. The zero-order valence-corrected chi connectivity index (χ0v) is 17.0. The molecule has 0 N–H and O–H groups in total. The van der Waals surface area contributed by atoms with Crippen molar-refractivity contribution in [2.45, 2.75) is 69.6 Å². The molecular formula is C21H36N2OS. The van der Waals surface area contributed by atoms with E-state index in [0.29, 0.717) is 22.3 Å². The first-order valence-electron chi connectivity index (χ1n) is 10.6. The predicted molar refractivity (Wildman–Crippen MR) is 106 cm³/mol. The number of Topliss-reactive ketones (excluding diaryl/α,β-unsaturated/α-hetero) is 1. The molecule has 1 heterocycles. The molecule has 0 amide bonds. The maximum Gasteiger partial charge on any atom is 0.144 e. The Morgan fingerprint density at radius 2 is 1.56 bits per heavy atom. The molecule has 5 aliphatic rings. The van der Waals surface area contributed by atoms with Gasteiger partial charge >= 0.3 is 0 Å². The zero-order valence-electron chi connectivity index (χ0n) is 16.2. The molecule has 1 saturated heterocycles. The van der Waals surface area contributed by atoms with Gasteiger partial charge in [0.05, 0.1) is 5.75 Å². The molecule has 0 aromatic heterocycles. The van der Waals surface area contributed by atoms with Crippen molar-refractivity contribution < 1.29 is 4.79 Å². The molecule has 5 fully saturated rings. The van der Waals surface area contributed by atoms with E-state index in [1.54, 1.807) is 11.8 Å². The number of thioether (sulfide) groups is 1. The molecule has 1 aliphatic heterocycles. The number of rotatable bonds is 7. The van der Waals surface area contributed by atoms with Gasteiger partial charge in [-0.05, 0) is 61.5 Å². The number of carbonyl (C=O) groups is 1. The van der Waals surface area contributed by atoms with Crippen molar-refractivity contribution in [3.8, 4) is 0 Å². The molecule has 4 heteroatoms. The average molecular weight is 365 g/mol. The first-order valence-corrected chi connectivity index (χ1v) is 11.7. The summed E-state index contributed by atoms with van der Waals surface area (Å²) in [6.45, 7) is 10.1. The smallest absolute Gasteiger partial charge is 0.144 e. The van der Waals surface area contributed by atoms with Gasteiger partial charge in [-0.2, -0.15) is 11.8 Å². The lowest BCUT2D eigenvalue weighted by molar-refractivity contribution is -0.117. The first-order chi connectivity index (χ1) is 12.0. The van der Waals surface area contributed by atoms with Gasteiger partial charge in [-0.1, -0.05) is 13.8 Å². The van der Waals surface area contributed by atoms with Crippen molar-refractivity contribution in [3.63, 3.8) is 0 Å². The van der Waals surface area contributed by atoms with Crippen LogP contribution in [0.5, 0.6) is 0 Å². The van der Waals surface area contributed by atoms with Gasteiger partial charge in [-0.15, -0.1) is 0 Å². The van der Waals surface area contributed by atoms with Gasteiger partial charge in [0.15, 0.2) is 0 Å². The quantitative estimate of drug-likeness (QED) is 0.688. The van der Waals surface area contributed by atoms with Crippen LogP contribution in [0.25, 0.3) is 0 Å². The second-order valence-electron chi connectivity index (χ2n) is 9.62. The summed E-state index contributed by atoms with van der Waals surface area (Å²) in [6.07, 6.45) is 9.83. The third-order valence-corrected chi connectivity index (χ3v) is 8.49. The molecule has 0 aromatic rings. The van der Waals surface area contributed by atoms with E-state index < -0.39 is 0 Å². The van der Waals surface area contributed by atoms with Gasteiger partial charge < -0.3 is 4.90 Å². The van der Waals surface area contributed by atoms with Gasteiger partial charge in [-0.3, -0.25) is 9.69 Å². The standard InChI is InChI=1S/C21H36N2OS/c1-16(2)25-15-20(24)3-4-22-5-7-23(8-6-22)21-12-17-9-18(13-21)11-19(10-17)14-21/h16-19H,3-15H2,1-2H3. The molecule has 142 valence electrons. The third kappa shape index (κ3) is 4.11. The van der Waals surface area contributed by atoms with Crippen LogP contribution in [0.2, 0.25) is 0 Å². The minimum atomic E-state index is 0.433. The molecule has 25 heavy (non-hydrogen) atoms. The molecule has 4 saturated carbocycles. The lowest BCUT2D eigenvalue weighted by Gasteiger charge is -2.61. The number of ketones is 1. The maximum absolute atomic E-state index is 12.0. The van der Waals surface area contributed by atoms with Crippen LogP contribution < -0.4 is 0 Å². The molecule has 0 aromatic carbocycles. The Bertz CT molecular complexity index is 449. The minimum absolute atomic E-state index is 0.433. The molecular weight excluding hydrogens is 328 g/mol. The number of hydrogen-bond acceptors (Lipinski definition) is 4. The van der Waals surface area contributed by atoms with E-state index in [1.807, 2.05) is 0 Å². The molecule has 4 aliphatic carbocycles. The van der Waals surface area contributed by atoms with Crippen molar-refractivity contribution in [1.29, 1.82) is 0 Å². The summed E-state index contributed by atoms with van der Waals surface area (Å²) in [5.41, 5.74) is 0.574. The molecule has 3 nitrogen and oxygen atoms in total. The molecule has 0 radical (unpaired) electrons. The van der Waals surface area contributed by atoms with Crippen LogP contribution in [-0.4, -0.2) is 64.8 Å². The summed E-state index contributed by atoms with van der Waals surface area (Å²) in [7, 11) is 0. The summed E-state index contributed by atoms with van der Waals surface area (Å²) >= 11 is 1.78. The second kappa shape index (κ2) is 7.52. The van der Waals surface area contributed by atoms with E-state index in [9.17, 15) is 4.79 Å². The van der Waals surface area contributed by atoms with Gasteiger partial charge in [0, 0.05) is 44.7 Å². The monoisotopic (exact) mass is 364 g/mol. The Labute approximate surface area is 158 Å². The molecule has 0 atom stereocenters. The van der Waals surface area contributed by atoms with Crippen molar-refractivity contribution >= 4 is 17.5 Å². The lowest BCUT2D eigenvalue weighted by atomic mass is 9.52. The topological polar surface area (TPSA) is 23.6 Å². The van der Waals surface area contributed by atoms with Crippen LogP contribution in [0, 0.1) is 17.8 Å². The Kier molecular flexibility index (Phi) is 5.51. The first kappa shape index (κ1) is 18.3. The number of carbonyl (C=O) groups excluding carboxylic acids is 1. The fourth-order valence-electron chi connectivity index (χ4n) is 6.51. The third-order valence-electron chi connectivity index (χ3n) is 7.33. The predicted octanol–water partition coefficient (Wildman–Crippen LogP) is 3.67. The average Bonchev–Trinajstić information content (AvgIpc) is 2.57. The highest BCUT2D eigenvalue weighted by Gasteiger charge is 2.53. The Hall–Kier alpha value is -0.0600. The SMILES string of the molecule is CC(C)SCC(=O)CCN1CCN(C23CC4CC(CC(C4)C2)C3)CC1. The Morgan fingerprint density at radius 1 is 1.00 bits per heavy atom. The number of piperazine rings is 1. The van der Waals surface area contributed by atoms with Crippen LogP contribution in [0.3, 0.4) is 0 Å². The molecule has 4 bridgehead atoms. The highest BCUT2D eigenvalue weighted by atomic mass is 32.2. The van der Waals surface area contributed by atoms with E-state index in [2.05, 4.69) is 23.6 Å². The van der Waals surface area contributed by atoms with E-state index >= 15 is 0 Å². The van der Waals surface area contributed by atoms with Crippen molar-refractivity contribution in [1.82, 2.24) is 9.80 Å². The second-order valence-corrected chi connectivity index (χ2v) is 11.2. The number of hydrogen-bond donors (Lipinski definition) is 0. The highest BCUT2D eigenvalue weighted by Crippen LogP contribution is 2.57. The Morgan fingerprint density at radius 3 is 2.08 bits per heavy atom. The fourth-order valence-corrected chi connectivity index (χ4v) is 7.18. The van der Waals surface area contributed by atoms with Gasteiger partial charge in [-0.25, -0.2) is 0 Å². The van der Waals surface area contributed by atoms with Crippen LogP contribution >= 0.6 is 11.8 Å². The summed E-state index contributed by atoms with van der Waals surface area (Å²) in [6, 6.07) is 0. The van der Waals surface area contributed by atoms with E-state index in [4.69, 9.17) is 0 Å². The van der Waals surface area contributed by atoms with Crippen LogP contribution in [0.4, 0.5) is 0 Å². The highest BCUT2D eigenvalue weighted by molar-refractivity contribution is 8.00. The largest absolute Gasteiger partial charge is 0.300 e. The van der Waals surface area contributed by atoms with Crippen LogP contribution in [0.1, 0.15) is 58.8 Å². The summed E-state index contributed by atoms with van der Waals surface area (Å²) in [4.78, 5) is 17.4. The lowest BCUT2D eigenvalue weighted by Crippen LogP contribution is -2.63. The van der Waals surface area contributed by atoms with Gasteiger partial charge in [0.25, 0.3) is 0 Å². The zero-order chi connectivity index (χ0) is 17.4. The summed E-state index contributed by atoms with van der Waals surface area (Å²) < 4.78 is 0. The van der Waals surface area contributed by atoms with E-state index in [-0.39, 0.29) is 0 Å². The van der Waals surface area contributed by atoms with Gasteiger partial charge in [0.2, 0.25) is 0 Å². The van der Waals surface area contributed by atoms with Crippen LogP contribution in [0.15, 0.2) is 0 Å². The maximum atomic E-state index is 12.0. The van der Waals surface area contributed by atoms with E-state index in [0.717, 1.165) is 30.7 Å². The van der Waals surface area contributed by atoms with E-state index in [1.165, 1.54) is 64.7 Å². The van der Waals surface area contributed by atoms with Crippen LogP contribution in [-0.2, 0) is 4.79 Å². The normalized spacial score (nSPS) is 38.6. The minimum Gasteiger partial charge on any atom is -0.300 e.